The number of amides is 2. The number of carbonyl (C=O) groups excluding carboxylic acids is 2. The molecule has 0 saturated carbocycles. The summed E-state index contributed by atoms with van der Waals surface area (Å²) in [6.45, 7) is 2.89. The van der Waals surface area contributed by atoms with Gasteiger partial charge in [-0.3, -0.25) is 9.59 Å². The van der Waals surface area contributed by atoms with E-state index < -0.39 is 0 Å². The zero-order valence-corrected chi connectivity index (χ0v) is 25.9. The normalized spacial score (nSPS) is 14.4. The summed E-state index contributed by atoms with van der Waals surface area (Å²) < 4.78 is 2.00. The number of thioether (sulfide) groups is 1. The Morgan fingerprint density at radius 2 is 1.68 bits per heavy atom. The maximum absolute atomic E-state index is 13.7. The lowest BCUT2D eigenvalue weighted by Crippen LogP contribution is -2.28. The molecule has 222 valence electrons. The lowest BCUT2D eigenvalue weighted by atomic mass is 10.00. The summed E-state index contributed by atoms with van der Waals surface area (Å²) >= 11 is 2.98. The Morgan fingerprint density at radius 3 is 2.41 bits per heavy atom. The fourth-order valence-corrected chi connectivity index (χ4v) is 6.65. The molecule has 10 heteroatoms. The number of benzene rings is 3. The number of nitrogens with zero attached hydrogens (tertiary/aromatic N) is 5. The Balaban J connectivity index is 1.19. The van der Waals surface area contributed by atoms with Gasteiger partial charge in [0, 0.05) is 18.5 Å². The molecule has 2 amide bonds. The number of hydrazone groups is 1. The van der Waals surface area contributed by atoms with Gasteiger partial charge in [-0.2, -0.15) is 5.10 Å². The third-order valence-electron chi connectivity index (χ3n) is 7.46. The summed E-state index contributed by atoms with van der Waals surface area (Å²) in [5.41, 5.74) is 4.92. The first-order valence-electron chi connectivity index (χ1n) is 14.5. The van der Waals surface area contributed by atoms with E-state index in [1.165, 1.54) is 22.9 Å². The number of aromatic nitrogens is 3. The largest absolute Gasteiger partial charge is 0.345 e. The second-order valence-corrected chi connectivity index (χ2v) is 12.4. The molecule has 0 bridgehead atoms. The van der Waals surface area contributed by atoms with Crippen molar-refractivity contribution in [2.75, 3.05) is 5.75 Å². The number of hydrogen-bond donors (Lipinski definition) is 1. The van der Waals surface area contributed by atoms with Crippen LogP contribution in [0, 0.1) is 6.92 Å². The van der Waals surface area contributed by atoms with E-state index in [1.807, 2.05) is 58.5 Å². The van der Waals surface area contributed by atoms with Crippen LogP contribution in [0.4, 0.5) is 0 Å². The van der Waals surface area contributed by atoms with Crippen molar-refractivity contribution in [3.05, 3.63) is 135 Å². The van der Waals surface area contributed by atoms with Crippen LogP contribution in [0.5, 0.6) is 0 Å². The Kier molecular flexibility index (Phi) is 9.28. The van der Waals surface area contributed by atoms with Crippen LogP contribution in [-0.2, 0) is 24.3 Å². The van der Waals surface area contributed by atoms with Crippen LogP contribution in [0.1, 0.15) is 50.2 Å². The molecule has 6 rings (SSSR count). The van der Waals surface area contributed by atoms with Crippen LogP contribution in [0.25, 0.3) is 0 Å². The average Bonchev–Trinajstić information content (AvgIpc) is 3.83. The van der Waals surface area contributed by atoms with Crippen molar-refractivity contribution in [2.45, 2.75) is 44.1 Å². The molecular formula is C34H32N6O2S2. The van der Waals surface area contributed by atoms with E-state index in [-0.39, 0.29) is 30.2 Å². The van der Waals surface area contributed by atoms with Crippen molar-refractivity contribution in [2.24, 2.45) is 5.10 Å². The molecule has 0 aliphatic carbocycles. The summed E-state index contributed by atoms with van der Waals surface area (Å²) in [6, 6.07) is 31.5. The van der Waals surface area contributed by atoms with E-state index in [4.69, 9.17) is 5.10 Å². The van der Waals surface area contributed by atoms with Crippen LogP contribution in [0.15, 0.2) is 113 Å². The quantitative estimate of drug-likeness (QED) is 0.175. The number of rotatable bonds is 11. The van der Waals surface area contributed by atoms with Gasteiger partial charge in [0.25, 0.3) is 11.8 Å². The van der Waals surface area contributed by atoms with Gasteiger partial charge in [0.1, 0.15) is 0 Å². The summed E-state index contributed by atoms with van der Waals surface area (Å²) in [6.07, 6.45) is 1.43. The number of carbonyl (C=O) groups is 2. The van der Waals surface area contributed by atoms with E-state index in [9.17, 15) is 9.59 Å². The van der Waals surface area contributed by atoms with Crippen molar-refractivity contribution in [1.29, 1.82) is 0 Å². The SMILES string of the molecule is Cc1ccc([C@H]2CC(c3cccs3)=NN2C(=O)CSc2nnc(CNC(=O)c3ccccc3)n2CCc2ccccc2)cc1. The molecule has 2 aromatic heterocycles. The number of aryl methyl sites for hydroxylation is 2. The first-order chi connectivity index (χ1) is 21.5. The van der Waals surface area contributed by atoms with Gasteiger partial charge in [-0.05, 0) is 48.1 Å². The summed E-state index contributed by atoms with van der Waals surface area (Å²) in [7, 11) is 0. The number of thiophene rings is 1. The molecule has 0 saturated heterocycles. The zero-order valence-electron chi connectivity index (χ0n) is 24.3. The molecule has 1 aliphatic rings. The van der Waals surface area contributed by atoms with Gasteiger partial charge in [-0.1, -0.05) is 96.2 Å². The third kappa shape index (κ3) is 6.98. The van der Waals surface area contributed by atoms with Gasteiger partial charge < -0.3 is 9.88 Å². The minimum absolute atomic E-state index is 0.0938. The molecule has 0 unspecified atom stereocenters. The van der Waals surface area contributed by atoms with Crippen molar-refractivity contribution < 1.29 is 9.59 Å². The van der Waals surface area contributed by atoms with Gasteiger partial charge in [0.15, 0.2) is 11.0 Å². The Labute approximate surface area is 264 Å². The molecule has 0 fully saturated rings. The molecule has 1 N–H and O–H groups in total. The highest BCUT2D eigenvalue weighted by Gasteiger charge is 2.33. The van der Waals surface area contributed by atoms with E-state index in [0.29, 0.717) is 29.5 Å². The molecule has 0 radical (unpaired) electrons. The van der Waals surface area contributed by atoms with E-state index in [0.717, 1.165) is 22.6 Å². The van der Waals surface area contributed by atoms with Crippen molar-refractivity contribution in [3.8, 4) is 0 Å². The summed E-state index contributed by atoms with van der Waals surface area (Å²) in [5.74, 6) is 0.521. The predicted octanol–water partition coefficient (Wildman–Crippen LogP) is 6.29. The topological polar surface area (TPSA) is 92.5 Å². The Morgan fingerprint density at radius 1 is 0.932 bits per heavy atom. The highest BCUT2D eigenvalue weighted by atomic mass is 32.2. The molecule has 5 aromatic rings. The van der Waals surface area contributed by atoms with Gasteiger partial charge in [-0.25, -0.2) is 5.01 Å². The highest BCUT2D eigenvalue weighted by molar-refractivity contribution is 7.99. The van der Waals surface area contributed by atoms with Crippen LogP contribution in [0.3, 0.4) is 0 Å². The third-order valence-corrected chi connectivity index (χ3v) is 9.33. The average molecular weight is 621 g/mol. The highest BCUT2D eigenvalue weighted by Crippen LogP contribution is 2.35. The van der Waals surface area contributed by atoms with Gasteiger partial charge in [0.2, 0.25) is 0 Å². The maximum atomic E-state index is 13.7. The van der Waals surface area contributed by atoms with Crippen LogP contribution >= 0.6 is 23.1 Å². The fraction of sp³-hybridized carbons (Fsp3) is 0.206. The van der Waals surface area contributed by atoms with Crippen molar-refractivity contribution in [3.63, 3.8) is 0 Å². The standard InChI is InChI=1S/C34H32N6O2S2/c1-24-14-16-26(17-15-24)29-21-28(30-13-8-20-43-30)38-40(29)32(41)23-44-34-37-36-31(22-35-33(42)27-11-6-3-7-12-27)39(34)19-18-25-9-4-2-5-10-25/h2-17,20,29H,18-19,21-23H2,1H3,(H,35,42)/t29-/m1/s1. The number of hydrogen-bond acceptors (Lipinski definition) is 7. The predicted molar refractivity (Wildman–Crippen MR) is 175 cm³/mol. The lowest BCUT2D eigenvalue weighted by Gasteiger charge is -2.22. The van der Waals surface area contributed by atoms with Crippen LogP contribution in [-0.4, -0.2) is 43.1 Å². The van der Waals surface area contributed by atoms with E-state index in [2.05, 4.69) is 58.8 Å². The summed E-state index contributed by atoms with van der Waals surface area (Å²) in [4.78, 5) is 27.5. The van der Waals surface area contributed by atoms with Crippen molar-refractivity contribution in [1.82, 2.24) is 25.1 Å². The molecule has 8 nitrogen and oxygen atoms in total. The maximum Gasteiger partial charge on any atom is 0.253 e. The Bertz CT molecular complexity index is 1740. The Hall–Kier alpha value is -4.54. The first-order valence-corrected chi connectivity index (χ1v) is 16.3. The van der Waals surface area contributed by atoms with E-state index in [1.54, 1.807) is 28.5 Å². The smallest absolute Gasteiger partial charge is 0.253 e. The molecule has 1 aliphatic heterocycles. The van der Waals surface area contributed by atoms with E-state index >= 15 is 0 Å². The molecule has 0 spiro atoms. The van der Waals surface area contributed by atoms with Crippen molar-refractivity contribution >= 4 is 40.6 Å². The second-order valence-electron chi connectivity index (χ2n) is 10.5. The minimum atomic E-state index is -0.178. The minimum Gasteiger partial charge on any atom is -0.345 e. The molecule has 1 atom stereocenters. The van der Waals surface area contributed by atoms with Gasteiger partial charge in [0.05, 0.1) is 28.9 Å². The molecular weight excluding hydrogens is 589 g/mol. The summed E-state index contributed by atoms with van der Waals surface area (Å²) in [5, 5.41) is 20.9. The second kappa shape index (κ2) is 13.8. The van der Waals surface area contributed by atoms with Crippen LogP contribution in [0.2, 0.25) is 0 Å². The van der Waals surface area contributed by atoms with Gasteiger partial charge >= 0.3 is 0 Å². The molecule has 3 heterocycles. The monoisotopic (exact) mass is 620 g/mol. The zero-order chi connectivity index (χ0) is 30.3. The van der Waals surface area contributed by atoms with Gasteiger partial charge in [-0.15, -0.1) is 21.5 Å². The fourth-order valence-electron chi connectivity index (χ4n) is 5.09. The number of nitrogens with one attached hydrogen (secondary N) is 1. The molecule has 3 aromatic carbocycles. The van der Waals surface area contributed by atoms with Crippen LogP contribution < -0.4 is 5.32 Å². The first kappa shape index (κ1) is 29.5. The molecule has 44 heavy (non-hydrogen) atoms. The lowest BCUT2D eigenvalue weighted by molar-refractivity contribution is -0.130.